The van der Waals surface area contributed by atoms with Crippen molar-refractivity contribution in [1.29, 1.82) is 0 Å². The van der Waals surface area contributed by atoms with Crippen LogP contribution in [0.15, 0.2) is 47.2 Å². The van der Waals surface area contributed by atoms with Gasteiger partial charge in [0.2, 0.25) is 0 Å². The van der Waals surface area contributed by atoms with Crippen molar-refractivity contribution in [3.8, 4) is 0 Å². The van der Waals surface area contributed by atoms with Gasteiger partial charge in [0.05, 0.1) is 5.52 Å². The van der Waals surface area contributed by atoms with Gasteiger partial charge in [-0.2, -0.15) is 11.3 Å². The lowest BCUT2D eigenvalue weighted by Gasteiger charge is -2.09. The molecule has 0 fully saturated rings. The van der Waals surface area contributed by atoms with E-state index in [0.29, 0.717) is 12.4 Å². The number of carbonyl (C=O) groups is 1. The second-order valence-electron chi connectivity index (χ2n) is 4.69. The van der Waals surface area contributed by atoms with E-state index < -0.39 is 5.97 Å². The third-order valence-corrected chi connectivity index (χ3v) is 3.97. The molecule has 3 aromatic rings. The Bertz CT molecular complexity index is 769. The van der Waals surface area contributed by atoms with Gasteiger partial charge in [-0.15, -0.1) is 0 Å². The average Bonchev–Trinajstić information content (AvgIpc) is 2.99. The van der Waals surface area contributed by atoms with Gasteiger partial charge in [0.25, 0.3) is 0 Å². The zero-order valence-electron chi connectivity index (χ0n) is 11.2. The first-order valence-electron chi connectivity index (χ1n) is 6.62. The van der Waals surface area contributed by atoms with Gasteiger partial charge < -0.3 is 10.4 Å². The Kier molecular flexibility index (Phi) is 3.83. The quantitative estimate of drug-likeness (QED) is 0.754. The Morgan fingerprint density at radius 3 is 2.90 bits per heavy atom. The lowest BCUT2D eigenvalue weighted by molar-refractivity contribution is 0.0698. The number of hydrogen-bond donors (Lipinski definition) is 2. The number of thiophene rings is 1. The van der Waals surface area contributed by atoms with Crippen molar-refractivity contribution >= 4 is 34.0 Å². The smallest absolute Gasteiger partial charge is 0.339 e. The van der Waals surface area contributed by atoms with Crippen LogP contribution < -0.4 is 5.32 Å². The van der Waals surface area contributed by atoms with Crippen molar-refractivity contribution in [3.63, 3.8) is 0 Å². The van der Waals surface area contributed by atoms with Crippen molar-refractivity contribution in [3.05, 3.63) is 58.3 Å². The van der Waals surface area contributed by atoms with Crippen LogP contribution in [0.2, 0.25) is 0 Å². The lowest BCUT2D eigenvalue weighted by atomic mass is 10.1. The molecule has 0 saturated heterocycles. The molecule has 4 nitrogen and oxygen atoms in total. The number of nitrogens with zero attached hydrogens (tertiary/aromatic N) is 1. The summed E-state index contributed by atoms with van der Waals surface area (Å²) in [5, 5.41) is 17.4. The van der Waals surface area contributed by atoms with E-state index in [1.807, 2.05) is 29.6 Å². The number of aromatic nitrogens is 1. The predicted octanol–water partition coefficient (Wildman–Crippen LogP) is 3.65. The van der Waals surface area contributed by atoms with Gasteiger partial charge in [-0.1, -0.05) is 18.2 Å². The maximum Gasteiger partial charge on any atom is 0.339 e. The van der Waals surface area contributed by atoms with Crippen LogP contribution in [0.4, 0.5) is 5.82 Å². The van der Waals surface area contributed by atoms with Gasteiger partial charge in [0.15, 0.2) is 0 Å². The second kappa shape index (κ2) is 5.93. The SMILES string of the molecule is O=C(O)c1cc2ccccc2nc1NCCc1ccsc1. The van der Waals surface area contributed by atoms with E-state index in [-0.39, 0.29) is 5.56 Å². The molecule has 0 aliphatic heterocycles. The largest absolute Gasteiger partial charge is 0.478 e. The summed E-state index contributed by atoms with van der Waals surface area (Å²) in [6.07, 6.45) is 0.844. The van der Waals surface area contributed by atoms with Crippen LogP contribution in [0.3, 0.4) is 0 Å². The summed E-state index contributed by atoms with van der Waals surface area (Å²) < 4.78 is 0. The van der Waals surface area contributed by atoms with Crippen molar-refractivity contribution in [1.82, 2.24) is 4.98 Å². The van der Waals surface area contributed by atoms with Crippen molar-refractivity contribution < 1.29 is 9.90 Å². The second-order valence-corrected chi connectivity index (χ2v) is 5.47. The Morgan fingerprint density at radius 1 is 1.29 bits per heavy atom. The summed E-state index contributed by atoms with van der Waals surface area (Å²) in [4.78, 5) is 15.8. The topological polar surface area (TPSA) is 62.2 Å². The predicted molar refractivity (Wildman–Crippen MR) is 85.2 cm³/mol. The van der Waals surface area contributed by atoms with Gasteiger partial charge in [-0.3, -0.25) is 0 Å². The van der Waals surface area contributed by atoms with E-state index >= 15 is 0 Å². The standard InChI is InChI=1S/C16H14N2O2S/c19-16(20)13-9-12-3-1-2-4-14(12)18-15(13)17-7-5-11-6-8-21-10-11/h1-4,6,8-10H,5,7H2,(H,17,18)(H,19,20). The van der Waals surface area contributed by atoms with Crippen LogP contribution in [0.5, 0.6) is 0 Å². The fourth-order valence-corrected chi connectivity index (χ4v) is 2.88. The molecule has 0 radical (unpaired) electrons. The number of anilines is 1. The van der Waals surface area contributed by atoms with Gasteiger partial charge >= 0.3 is 5.97 Å². The molecule has 1 aromatic carbocycles. The molecule has 0 bridgehead atoms. The van der Waals surface area contributed by atoms with Crippen LogP contribution in [0.1, 0.15) is 15.9 Å². The van der Waals surface area contributed by atoms with Crippen LogP contribution in [0, 0.1) is 0 Å². The molecule has 5 heteroatoms. The van der Waals surface area contributed by atoms with Crippen LogP contribution in [-0.4, -0.2) is 22.6 Å². The highest BCUT2D eigenvalue weighted by Crippen LogP contribution is 2.20. The number of para-hydroxylation sites is 1. The summed E-state index contributed by atoms with van der Waals surface area (Å²) in [5.74, 6) is -0.539. The summed E-state index contributed by atoms with van der Waals surface area (Å²) in [7, 11) is 0. The van der Waals surface area contributed by atoms with Gasteiger partial charge in [0, 0.05) is 11.9 Å². The molecule has 0 aliphatic carbocycles. The highest BCUT2D eigenvalue weighted by Gasteiger charge is 2.12. The first-order chi connectivity index (χ1) is 10.2. The molecule has 2 aromatic heterocycles. The highest BCUT2D eigenvalue weighted by atomic mass is 32.1. The van der Waals surface area contributed by atoms with Crippen LogP contribution >= 0.6 is 11.3 Å². The fraction of sp³-hybridized carbons (Fsp3) is 0.125. The molecule has 3 rings (SSSR count). The van der Waals surface area contributed by atoms with E-state index in [0.717, 1.165) is 17.3 Å². The minimum Gasteiger partial charge on any atom is -0.478 e. The monoisotopic (exact) mass is 298 g/mol. The molecule has 106 valence electrons. The third-order valence-electron chi connectivity index (χ3n) is 3.24. The zero-order valence-corrected chi connectivity index (χ0v) is 12.1. The molecule has 0 saturated carbocycles. The molecular weight excluding hydrogens is 284 g/mol. The van der Waals surface area contributed by atoms with Crippen molar-refractivity contribution in [2.45, 2.75) is 6.42 Å². The van der Waals surface area contributed by atoms with E-state index in [1.165, 1.54) is 5.56 Å². The minimum absolute atomic E-state index is 0.207. The molecule has 2 N–H and O–H groups in total. The third kappa shape index (κ3) is 3.03. The fourth-order valence-electron chi connectivity index (χ4n) is 2.17. The number of aromatic carboxylic acids is 1. The maximum atomic E-state index is 11.4. The molecule has 0 amide bonds. The Morgan fingerprint density at radius 2 is 2.14 bits per heavy atom. The minimum atomic E-state index is -0.966. The summed E-state index contributed by atoms with van der Waals surface area (Å²) >= 11 is 1.66. The molecular formula is C16H14N2O2S. The number of hydrogen-bond acceptors (Lipinski definition) is 4. The van der Waals surface area contributed by atoms with Crippen LogP contribution in [0.25, 0.3) is 10.9 Å². The van der Waals surface area contributed by atoms with Crippen LogP contribution in [-0.2, 0) is 6.42 Å². The normalized spacial score (nSPS) is 10.7. The summed E-state index contributed by atoms with van der Waals surface area (Å²) in [6.45, 7) is 0.655. The van der Waals surface area contributed by atoms with Crippen molar-refractivity contribution in [2.75, 3.05) is 11.9 Å². The number of fused-ring (bicyclic) bond motifs is 1. The number of benzene rings is 1. The summed E-state index contributed by atoms with van der Waals surface area (Å²) in [5.41, 5.74) is 2.24. The van der Waals surface area contributed by atoms with E-state index in [1.54, 1.807) is 17.4 Å². The molecule has 21 heavy (non-hydrogen) atoms. The molecule has 0 atom stereocenters. The molecule has 0 spiro atoms. The number of carboxylic acid groups (broad SMARTS) is 1. The first kappa shape index (κ1) is 13.6. The Balaban J connectivity index is 1.85. The van der Waals surface area contributed by atoms with E-state index in [9.17, 15) is 9.90 Å². The van der Waals surface area contributed by atoms with Gasteiger partial charge in [-0.25, -0.2) is 9.78 Å². The Labute approximate surface area is 126 Å². The summed E-state index contributed by atoms with van der Waals surface area (Å²) in [6, 6.07) is 11.2. The molecule has 0 unspecified atom stereocenters. The zero-order chi connectivity index (χ0) is 14.7. The first-order valence-corrected chi connectivity index (χ1v) is 7.56. The number of nitrogens with one attached hydrogen (secondary N) is 1. The Hall–Kier alpha value is -2.40. The van der Waals surface area contributed by atoms with E-state index in [4.69, 9.17) is 0 Å². The number of rotatable bonds is 5. The lowest BCUT2D eigenvalue weighted by Crippen LogP contribution is -2.11. The van der Waals surface area contributed by atoms with E-state index in [2.05, 4.69) is 21.7 Å². The van der Waals surface area contributed by atoms with Gasteiger partial charge in [0.1, 0.15) is 11.4 Å². The maximum absolute atomic E-state index is 11.4. The van der Waals surface area contributed by atoms with Gasteiger partial charge in [-0.05, 0) is 40.9 Å². The number of pyridine rings is 1. The average molecular weight is 298 g/mol. The molecule has 0 aliphatic rings. The molecule has 2 heterocycles. The van der Waals surface area contributed by atoms with Crippen molar-refractivity contribution in [2.24, 2.45) is 0 Å². The highest BCUT2D eigenvalue weighted by molar-refractivity contribution is 7.07. The number of carboxylic acids is 1.